The highest BCUT2D eigenvalue weighted by atomic mass is 35.5. The van der Waals surface area contributed by atoms with Gasteiger partial charge in [0.05, 0.1) is 17.1 Å². The van der Waals surface area contributed by atoms with Gasteiger partial charge in [0.2, 0.25) is 5.82 Å². The topological polar surface area (TPSA) is 73.5 Å². The third-order valence-electron chi connectivity index (χ3n) is 5.84. The molecule has 0 fully saturated rings. The molecule has 0 aliphatic carbocycles. The number of halogens is 2. The third-order valence-corrected chi connectivity index (χ3v) is 6.32. The van der Waals surface area contributed by atoms with E-state index >= 15 is 0 Å². The van der Waals surface area contributed by atoms with Crippen molar-refractivity contribution in [3.05, 3.63) is 111 Å². The number of aryl methyl sites for hydroxylation is 1. The summed E-state index contributed by atoms with van der Waals surface area (Å²) in [5.74, 6) is 1.77. The quantitative estimate of drug-likeness (QED) is 0.228. The van der Waals surface area contributed by atoms with Crippen LogP contribution in [0.1, 0.15) is 11.3 Å². The van der Waals surface area contributed by atoms with Gasteiger partial charge in [-0.15, -0.1) is 0 Å². The zero-order valence-electron chi connectivity index (χ0n) is 18.9. The molecular weight excluding hydrogens is 497 g/mol. The summed E-state index contributed by atoms with van der Waals surface area (Å²) in [4.78, 5) is 18.1. The number of hydrogen-bond donors (Lipinski definition) is 0. The zero-order chi connectivity index (χ0) is 24.8. The Balaban J connectivity index is 1.47. The number of fused-ring (bicyclic) bond motifs is 2. The van der Waals surface area contributed by atoms with Crippen LogP contribution in [-0.4, -0.2) is 15.9 Å². The van der Waals surface area contributed by atoms with Crippen molar-refractivity contribution in [3.63, 3.8) is 0 Å². The van der Waals surface area contributed by atoms with Crippen molar-refractivity contribution in [2.75, 3.05) is 0 Å². The monoisotopic (exact) mass is 513 g/mol. The summed E-state index contributed by atoms with van der Waals surface area (Å²) < 4.78 is 13.2. The maximum atomic E-state index is 13.4. The van der Waals surface area contributed by atoms with Crippen LogP contribution < -0.4 is 5.56 Å². The van der Waals surface area contributed by atoms with Crippen molar-refractivity contribution in [2.45, 2.75) is 6.92 Å². The predicted octanol–water partition coefficient (Wildman–Crippen LogP) is 7.57. The lowest BCUT2D eigenvalue weighted by Crippen LogP contribution is -2.20. The van der Waals surface area contributed by atoms with Gasteiger partial charge in [-0.3, -0.25) is 4.79 Å². The number of hydrogen-bond acceptors (Lipinski definition) is 5. The standard InChI is InChI=1S/C28H17Cl2N3O3/c1-16-6-7-19(30)14-22(16)25-11-9-20(35-25)15-31-33-27(32-23-5-3-2-4-21(23)28(33)34)26-13-17-12-18(29)8-10-24(17)36-26/h2-15H,1H3. The fourth-order valence-corrected chi connectivity index (χ4v) is 4.41. The molecule has 0 atom stereocenters. The molecule has 0 unspecified atom stereocenters. The van der Waals surface area contributed by atoms with Gasteiger partial charge in [-0.1, -0.05) is 41.4 Å². The van der Waals surface area contributed by atoms with Crippen LogP contribution >= 0.6 is 23.2 Å². The molecule has 0 saturated carbocycles. The molecule has 3 aromatic heterocycles. The van der Waals surface area contributed by atoms with Crippen molar-refractivity contribution in [1.29, 1.82) is 0 Å². The maximum Gasteiger partial charge on any atom is 0.282 e. The molecule has 0 aliphatic heterocycles. The first-order valence-electron chi connectivity index (χ1n) is 11.1. The van der Waals surface area contributed by atoms with E-state index in [9.17, 15) is 4.79 Å². The van der Waals surface area contributed by atoms with Gasteiger partial charge >= 0.3 is 0 Å². The molecule has 176 valence electrons. The van der Waals surface area contributed by atoms with Crippen LogP contribution in [0.25, 0.3) is 44.8 Å². The Morgan fingerprint density at radius 2 is 1.69 bits per heavy atom. The first-order valence-corrected chi connectivity index (χ1v) is 11.8. The molecule has 0 spiro atoms. The number of nitrogens with zero attached hydrogens (tertiary/aromatic N) is 3. The molecule has 0 aliphatic rings. The molecule has 6 nitrogen and oxygen atoms in total. The van der Waals surface area contributed by atoms with Crippen molar-refractivity contribution in [3.8, 4) is 22.9 Å². The molecule has 6 aromatic rings. The zero-order valence-corrected chi connectivity index (χ0v) is 20.4. The highest BCUT2D eigenvalue weighted by molar-refractivity contribution is 6.31. The van der Waals surface area contributed by atoms with E-state index in [1.54, 1.807) is 48.5 Å². The van der Waals surface area contributed by atoms with Crippen LogP contribution in [0.4, 0.5) is 0 Å². The van der Waals surface area contributed by atoms with Crippen LogP contribution in [0.2, 0.25) is 10.0 Å². The summed E-state index contributed by atoms with van der Waals surface area (Å²) in [6, 6.07) is 23.4. The molecule has 0 bridgehead atoms. The second kappa shape index (κ2) is 8.82. The minimum Gasteiger partial charge on any atom is -0.455 e. The van der Waals surface area contributed by atoms with E-state index in [1.165, 1.54) is 10.9 Å². The van der Waals surface area contributed by atoms with Crippen molar-refractivity contribution >= 4 is 51.3 Å². The molecule has 0 amide bonds. The van der Waals surface area contributed by atoms with Gasteiger partial charge in [0.25, 0.3) is 5.56 Å². The van der Waals surface area contributed by atoms with Crippen LogP contribution in [0.3, 0.4) is 0 Å². The largest absolute Gasteiger partial charge is 0.455 e. The molecule has 0 N–H and O–H groups in total. The first-order chi connectivity index (χ1) is 17.5. The van der Waals surface area contributed by atoms with Crippen molar-refractivity contribution < 1.29 is 8.83 Å². The number of benzene rings is 3. The van der Waals surface area contributed by atoms with E-state index in [-0.39, 0.29) is 11.4 Å². The van der Waals surface area contributed by atoms with E-state index in [2.05, 4.69) is 10.1 Å². The fraction of sp³-hybridized carbons (Fsp3) is 0.0357. The Labute approximate surface area is 215 Å². The molecule has 0 saturated heterocycles. The molecule has 0 radical (unpaired) electrons. The summed E-state index contributed by atoms with van der Waals surface area (Å²) in [5.41, 5.74) is 2.75. The average molecular weight is 514 g/mol. The summed E-state index contributed by atoms with van der Waals surface area (Å²) in [6.07, 6.45) is 1.48. The van der Waals surface area contributed by atoms with E-state index in [1.807, 2.05) is 37.3 Å². The van der Waals surface area contributed by atoms with E-state index in [4.69, 9.17) is 32.0 Å². The summed E-state index contributed by atoms with van der Waals surface area (Å²) in [6.45, 7) is 1.98. The Morgan fingerprint density at radius 1 is 0.889 bits per heavy atom. The third kappa shape index (κ3) is 4.00. The molecule has 6 rings (SSSR count). The molecule has 3 heterocycles. The summed E-state index contributed by atoms with van der Waals surface area (Å²) in [7, 11) is 0. The minimum atomic E-state index is -0.331. The highest BCUT2D eigenvalue weighted by Gasteiger charge is 2.17. The first kappa shape index (κ1) is 22.3. The maximum absolute atomic E-state index is 13.4. The molecule has 3 aromatic carbocycles. The Hall–Kier alpha value is -4.13. The fourth-order valence-electron chi connectivity index (χ4n) is 4.06. The number of para-hydroxylation sites is 1. The molecular formula is C28H17Cl2N3O3. The van der Waals surface area contributed by atoms with E-state index < -0.39 is 0 Å². The lowest BCUT2D eigenvalue weighted by molar-refractivity contribution is 0.573. The predicted molar refractivity (Wildman–Crippen MR) is 143 cm³/mol. The van der Waals surface area contributed by atoms with Gasteiger partial charge in [-0.2, -0.15) is 9.78 Å². The molecule has 8 heteroatoms. The second-order valence-electron chi connectivity index (χ2n) is 8.27. The van der Waals surface area contributed by atoms with Gasteiger partial charge in [-0.05, 0) is 73.2 Å². The van der Waals surface area contributed by atoms with Gasteiger partial charge in [0, 0.05) is 21.0 Å². The van der Waals surface area contributed by atoms with E-state index in [0.29, 0.717) is 43.8 Å². The van der Waals surface area contributed by atoms with Crippen LogP contribution in [0.5, 0.6) is 0 Å². The van der Waals surface area contributed by atoms with Gasteiger partial charge in [0.15, 0.2) is 5.76 Å². The number of furan rings is 2. The Bertz CT molecular complexity index is 1860. The van der Waals surface area contributed by atoms with Gasteiger partial charge in [-0.25, -0.2) is 4.98 Å². The summed E-state index contributed by atoms with van der Waals surface area (Å²) >= 11 is 12.3. The van der Waals surface area contributed by atoms with E-state index in [0.717, 1.165) is 16.5 Å². The Kier molecular flexibility index (Phi) is 5.48. The number of rotatable bonds is 4. The minimum absolute atomic E-state index is 0.264. The van der Waals surface area contributed by atoms with Crippen LogP contribution in [0, 0.1) is 6.92 Å². The summed E-state index contributed by atoms with van der Waals surface area (Å²) in [5, 5.41) is 6.88. The second-order valence-corrected chi connectivity index (χ2v) is 9.14. The lowest BCUT2D eigenvalue weighted by atomic mass is 10.1. The smallest absolute Gasteiger partial charge is 0.282 e. The Morgan fingerprint density at radius 3 is 2.58 bits per heavy atom. The van der Waals surface area contributed by atoms with Gasteiger partial charge in [0.1, 0.15) is 17.1 Å². The SMILES string of the molecule is Cc1ccc(Cl)cc1-c1ccc(C=Nn2c(-c3cc4cc(Cl)ccc4o3)nc3ccccc3c2=O)o1. The van der Waals surface area contributed by atoms with Crippen molar-refractivity contribution in [1.82, 2.24) is 9.66 Å². The average Bonchev–Trinajstić information content (AvgIpc) is 3.52. The molecule has 36 heavy (non-hydrogen) atoms. The number of aromatic nitrogens is 2. The van der Waals surface area contributed by atoms with Crippen molar-refractivity contribution in [2.24, 2.45) is 5.10 Å². The normalized spacial score (nSPS) is 11.8. The highest BCUT2D eigenvalue weighted by Crippen LogP contribution is 2.30. The van der Waals surface area contributed by atoms with Gasteiger partial charge < -0.3 is 8.83 Å². The van der Waals surface area contributed by atoms with Crippen LogP contribution in [-0.2, 0) is 0 Å². The lowest BCUT2D eigenvalue weighted by Gasteiger charge is -2.07. The van der Waals surface area contributed by atoms with Crippen LogP contribution in [0.15, 0.2) is 97.6 Å².